The van der Waals surface area contributed by atoms with E-state index in [-0.39, 0.29) is 0 Å². The molecule has 0 fully saturated rings. The number of hydrogen-bond acceptors (Lipinski definition) is 0. The number of rotatable bonds is 4. The second-order valence-electron chi connectivity index (χ2n) is 14.2. The van der Waals surface area contributed by atoms with Crippen LogP contribution in [0.1, 0.15) is 83.2 Å². The lowest BCUT2D eigenvalue weighted by molar-refractivity contribution is 0.793. The van der Waals surface area contributed by atoms with Crippen molar-refractivity contribution in [3.05, 3.63) is 227 Å². The molecule has 0 aliphatic heterocycles. The molecule has 1 unspecified atom stereocenters. The van der Waals surface area contributed by atoms with E-state index in [0.717, 1.165) is 18.4 Å². The second kappa shape index (κ2) is 19.4. The van der Waals surface area contributed by atoms with Crippen LogP contribution in [0.25, 0.3) is 33.0 Å². The molecule has 8 rings (SSSR count). The van der Waals surface area contributed by atoms with Crippen molar-refractivity contribution in [3.8, 4) is 11.1 Å². The summed E-state index contributed by atoms with van der Waals surface area (Å²) >= 11 is 0. The highest BCUT2D eigenvalue weighted by Crippen LogP contribution is 2.40. The monoisotopic (exact) mass is 704 g/mol. The first-order valence-corrected chi connectivity index (χ1v) is 19.5. The smallest absolute Gasteiger partial charge is 0.00196 e. The molecule has 1 aliphatic rings. The van der Waals surface area contributed by atoms with Crippen LogP contribution in [0.4, 0.5) is 0 Å². The van der Waals surface area contributed by atoms with Crippen molar-refractivity contribution in [3.63, 3.8) is 0 Å². The lowest BCUT2D eigenvalue weighted by atomic mass is 9.87. The average Bonchev–Trinajstić information content (AvgIpc) is 3.32. The van der Waals surface area contributed by atoms with Crippen molar-refractivity contribution >= 4 is 21.9 Å². The predicted molar refractivity (Wildman–Crippen MR) is 238 cm³/mol. The third-order valence-electron chi connectivity index (χ3n) is 10.1. The minimum atomic E-state index is 0.454. The van der Waals surface area contributed by atoms with Crippen LogP contribution in [0.5, 0.6) is 0 Å². The summed E-state index contributed by atoms with van der Waals surface area (Å²) < 4.78 is 0. The first-order valence-electron chi connectivity index (χ1n) is 19.5. The fourth-order valence-electron chi connectivity index (χ4n) is 7.24. The zero-order valence-corrected chi connectivity index (χ0v) is 33.4. The summed E-state index contributed by atoms with van der Waals surface area (Å²) in [5.74, 6) is 0.454. The highest BCUT2D eigenvalue weighted by atomic mass is 14.2. The largest absolute Gasteiger partial charge is 0.0911 e. The van der Waals surface area contributed by atoms with Gasteiger partial charge in [-0.15, -0.1) is 0 Å². The van der Waals surface area contributed by atoms with E-state index >= 15 is 0 Å². The summed E-state index contributed by atoms with van der Waals surface area (Å²) in [5.41, 5.74) is 17.1. The van der Waals surface area contributed by atoms with Gasteiger partial charge >= 0.3 is 0 Å². The van der Waals surface area contributed by atoms with E-state index in [1.807, 2.05) is 32.0 Å². The van der Waals surface area contributed by atoms with E-state index < -0.39 is 0 Å². The first kappa shape index (κ1) is 39.5. The molecule has 7 aromatic rings. The molecule has 0 N–H and O–H groups in total. The quantitative estimate of drug-likeness (QED) is 0.171. The average molecular weight is 705 g/mol. The zero-order chi connectivity index (χ0) is 38.5. The van der Waals surface area contributed by atoms with E-state index in [1.165, 1.54) is 77.5 Å². The van der Waals surface area contributed by atoms with Gasteiger partial charge in [-0.25, -0.2) is 0 Å². The molecule has 54 heavy (non-hydrogen) atoms. The minimum Gasteiger partial charge on any atom is -0.0911 e. The molecular weight excluding hydrogens is 649 g/mol. The molecule has 7 aromatic carbocycles. The van der Waals surface area contributed by atoms with Gasteiger partial charge in [-0.1, -0.05) is 202 Å². The minimum absolute atomic E-state index is 0.454. The molecule has 0 saturated heterocycles. The second-order valence-corrected chi connectivity index (χ2v) is 14.2. The van der Waals surface area contributed by atoms with Crippen molar-refractivity contribution < 1.29 is 0 Å². The molecule has 0 bridgehead atoms. The van der Waals surface area contributed by atoms with Gasteiger partial charge < -0.3 is 0 Å². The Kier molecular flexibility index (Phi) is 14.2. The molecule has 0 nitrogen and oxygen atoms in total. The fourth-order valence-corrected chi connectivity index (χ4v) is 7.24. The van der Waals surface area contributed by atoms with Gasteiger partial charge in [0.15, 0.2) is 0 Å². The van der Waals surface area contributed by atoms with E-state index in [9.17, 15) is 0 Å². The van der Waals surface area contributed by atoms with Gasteiger partial charge in [0.2, 0.25) is 0 Å². The summed E-state index contributed by atoms with van der Waals surface area (Å²) in [5, 5.41) is 2.68. The Morgan fingerprint density at radius 2 is 1.19 bits per heavy atom. The predicted octanol–water partition coefficient (Wildman–Crippen LogP) is 15.3. The Morgan fingerprint density at radius 1 is 0.537 bits per heavy atom. The van der Waals surface area contributed by atoms with Gasteiger partial charge in [0.25, 0.3) is 0 Å². The fraction of sp³-hybridized carbons (Fsp3) is 0.185. The maximum Gasteiger partial charge on any atom is -0.00196 e. The number of benzene rings is 7. The maximum absolute atomic E-state index is 4.43. The lowest BCUT2D eigenvalue weighted by Crippen LogP contribution is -1.98. The van der Waals surface area contributed by atoms with E-state index in [0.29, 0.717) is 5.92 Å². The van der Waals surface area contributed by atoms with Crippen LogP contribution < -0.4 is 0 Å². The number of hydrogen-bond donors (Lipinski definition) is 0. The molecule has 0 amide bonds. The van der Waals surface area contributed by atoms with Crippen LogP contribution >= 0.6 is 0 Å². The van der Waals surface area contributed by atoms with Gasteiger partial charge in [0.1, 0.15) is 0 Å². The lowest BCUT2D eigenvalue weighted by Gasteiger charge is -2.18. The van der Waals surface area contributed by atoms with Crippen molar-refractivity contribution in [2.75, 3.05) is 0 Å². The Balaban J connectivity index is 0.000000227. The molecule has 0 heterocycles. The Hall–Kier alpha value is -5.72. The molecule has 0 radical (unpaired) electrons. The molecule has 0 saturated carbocycles. The number of allylic oxidation sites excluding steroid dienone is 3. The Bertz CT molecular complexity index is 2300. The van der Waals surface area contributed by atoms with E-state index in [1.54, 1.807) is 0 Å². The molecule has 0 heteroatoms. The summed E-state index contributed by atoms with van der Waals surface area (Å²) in [6, 6.07) is 58.5. The summed E-state index contributed by atoms with van der Waals surface area (Å²) in [7, 11) is 0. The highest BCUT2D eigenvalue weighted by molar-refractivity contribution is 5.88. The van der Waals surface area contributed by atoms with Gasteiger partial charge in [0.05, 0.1) is 0 Å². The first-order chi connectivity index (χ1) is 26.3. The summed E-state index contributed by atoms with van der Waals surface area (Å²) in [4.78, 5) is 0. The van der Waals surface area contributed by atoms with Gasteiger partial charge in [0, 0.05) is 0 Å². The highest BCUT2D eigenvalue weighted by Gasteiger charge is 2.20. The molecule has 0 aromatic heterocycles. The SMILES string of the molecule is C=C1C=C(c2ccc(Cc3ccccc3)c(-c3ccc(C)cc3C)c2)CC(C)c2ccccc21.CC.Cc1cccc2ccccc12.Cc1ccccc1. The van der Waals surface area contributed by atoms with Crippen LogP contribution in [0.3, 0.4) is 0 Å². The van der Waals surface area contributed by atoms with Crippen molar-refractivity contribution in [1.29, 1.82) is 0 Å². The normalized spacial score (nSPS) is 13.1. The number of aryl methyl sites for hydroxylation is 4. The maximum atomic E-state index is 4.43. The Labute approximate surface area is 325 Å². The van der Waals surface area contributed by atoms with Crippen molar-refractivity contribution in [2.45, 2.75) is 67.2 Å². The molecule has 0 spiro atoms. The third kappa shape index (κ3) is 10.2. The molecule has 1 aliphatic carbocycles. The summed E-state index contributed by atoms with van der Waals surface area (Å²) in [6.07, 6.45) is 4.25. The van der Waals surface area contributed by atoms with E-state index in [2.05, 4.69) is 193 Å². The number of fused-ring (bicyclic) bond motifs is 2. The van der Waals surface area contributed by atoms with Crippen LogP contribution in [-0.4, -0.2) is 0 Å². The Morgan fingerprint density at radius 3 is 1.87 bits per heavy atom. The van der Waals surface area contributed by atoms with Crippen LogP contribution in [-0.2, 0) is 6.42 Å². The van der Waals surface area contributed by atoms with Gasteiger partial charge in [-0.3, -0.25) is 0 Å². The topological polar surface area (TPSA) is 0 Å². The molecular formula is C54H56. The van der Waals surface area contributed by atoms with Crippen LogP contribution in [0.2, 0.25) is 0 Å². The van der Waals surface area contributed by atoms with Crippen LogP contribution in [0.15, 0.2) is 176 Å². The molecule has 272 valence electrons. The third-order valence-corrected chi connectivity index (χ3v) is 10.1. The van der Waals surface area contributed by atoms with Crippen molar-refractivity contribution in [1.82, 2.24) is 0 Å². The standard InChI is InChI=1S/C34H32.C11H10.C7H8.C2H6/c1-23-14-17-33(24(2)18-23)34-22-28(15-16-29(34)21-27-10-6-5-7-11-27)30-19-25(3)31-12-8-9-13-32(31)26(4)20-30;1-9-5-4-7-10-6-2-3-8-11(9)10;1-7-5-3-2-4-6-7;1-2/h5-19,22,26H,3,20-21H2,1-2,4H3;2-8H,1H3;2-6H,1H3;1-2H3. The summed E-state index contributed by atoms with van der Waals surface area (Å²) in [6.45, 7) is 19.4. The van der Waals surface area contributed by atoms with Gasteiger partial charge in [-0.2, -0.15) is 0 Å². The van der Waals surface area contributed by atoms with Crippen molar-refractivity contribution in [2.24, 2.45) is 0 Å². The molecule has 1 atom stereocenters. The van der Waals surface area contributed by atoms with E-state index in [4.69, 9.17) is 0 Å². The van der Waals surface area contributed by atoms with Gasteiger partial charge in [-0.05, 0) is 125 Å². The van der Waals surface area contributed by atoms with Crippen LogP contribution in [0, 0.1) is 27.7 Å². The zero-order valence-electron chi connectivity index (χ0n) is 33.4.